The number of imidazole rings is 1. The number of benzene rings is 1. The van der Waals surface area contributed by atoms with Crippen molar-refractivity contribution in [2.45, 2.75) is 31.8 Å². The Morgan fingerprint density at radius 1 is 1.40 bits per heavy atom. The van der Waals surface area contributed by atoms with Crippen LogP contribution in [-0.4, -0.2) is 23.1 Å². The SMILES string of the molecule is Cc1ccccc1N(C)C(CN)c1cncn1C1CC1. The van der Waals surface area contributed by atoms with Crippen molar-refractivity contribution in [2.75, 3.05) is 18.5 Å². The molecular weight excluding hydrogens is 248 g/mol. The normalized spacial score (nSPS) is 16.1. The number of rotatable bonds is 5. The zero-order valence-electron chi connectivity index (χ0n) is 12.2. The van der Waals surface area contributed by atoms with E-state index in [2.05, 4.69) is 52.7 Å². The van der Waals surface area contributed by atoms with Crippen LogP contribution in [0.25, 0.3) is 0 Å². The first kappa shape index (κ1) is 13.2. The van der Waals surface area contributed by atoms with E-state index in [-0.39, 0.29) is 6.04 Å². The summed E-state index contributed by atoms with van der Waals surface area (Å²) in [5.41, 5.74) is 9.78. The van der Waals surface area contributed by atoms with Gasteiger partial charge in [-0.1, -0.05) is 18.2 Å². The molecule has 0 bridgehead atoms. The van der Waals surface area contributed by atoms with Gasteiger partial charge in [-0.05, 0) is 31.4 Å². The fourth-order valence-electron chi connectivity index (χ4n) is 2.84. The van der Waals surface area contributed by atoms with E-state index in [0.29, 0.717) is 12.6 Å². The molecule has 1 aromatic carbocycles. The number of aryl methyl sites for hydroxylation is 1. The molecule has 0 radical (unpaired) electrons. The maximum Gasteiger partial charge on any atom is 0.0951 e. The summed E-state index contributed by atoms with van der Waals surface area (Å²) in [6.45, 7) is 2.72. The molecule has 2 N–H and O–H groups in total. The van der Waals surface area contributed by atoms with Crippen LogP contribution in [-0.2, 0) is 0 Å². The molecule has 0 aliphatic heterocycles. The van der Waals surface area contributed by atoms with Gasteiger partial charge in [0, 0.05) is 25.3 Å². The van der Waals surface area contributed by atoms with Crippen LogP contribution in [0.5, 0.6) is 0 Å². The predicted molar refractivity (Wildman–Crippen MR) is 81.9 cm³/mol. The minimum absolute atomic E-state index is 0.166. The Balaban J connectivity index is 1.93. The number of para-hydroxylation sites is 1. The van der Waals surface area contributed by atoms with Gasteiger partial charge in [0.15, 0.2) is 0 Å². The quantitative estimate of drug-likeness (QED) is 0.908. The molecule has 4 nitrogen and oxygen atoms in total. The highest BCUT2D eigenvalue weighted by Gasteiger charge is 2.29. The van der Waals surface area contributed by atoms with Crippen molar-refractivity contribution in [2.24, 2.45) is 5.73 Å². The first-order valence-corrected chi connectivity index (χ1v) is 7.22. The number of nitrogens with zero attached hydrogens (tertiary/aromatic N) is 3. The first-order valence-electron chi connectivity index (χ1n) is 7.22. The predicted octanol–water partition coefficient (Wildman–Crippen LogP) is 2.66. The molecule has 20 heavy (non-hydrogen) atoms. The van der Waals surface area contributed by atoms with Crippen LogP contribution in [0.15, 0.2) is 36.8 Å². The standard InChI is InChI=1S/C16H22N4/c1-12-5-3-4-6-14(12)19(2)15(9-17)16-10-18-11-20(16)13-7-8-13/h3-6,10-11,13,15H,7-9,17H2,1-2H3. The molecule has 1 saturated carbocycles. The largest absolute Gasteiger partial charge is 0.364 e. The van der Waals surface area contributed by atoms with E-state index in [0.717, 1.165) is 0 Å². The molecule has 1 fully saturated rings. The van der Waals surface area contributed by atoms with Gasteiger partial charge in [-0.2, -0.15) is 0 Å². The monoisotopic (exact) mass is 270 g/mol. The van der Waals surface area contributed by atoms with Crippen LogP contribution in [0.3, 0.4) is 0 Å². The van der Waals surface area contributed by atoms with Gasteiger partial charge >= 0.3 is 0 Å². The number of aromatic nitrogens is 2. The Labute approximate surface area is 120 Å². The lowest BCUT2D eigenvalue weighted by atomic mass is 10.1. The van der Waals surface area contributed by atoms with Crippen molar-refractivity contribution in [3.63, 3.8) is 0 Å². The van der Waals surface area contributed by atoms with E-state index in [1.807, 2.05) is 12.5 Å². The lowest BCUT2D eigenvalue weighted by Gasteiger charge is -2.31. The number of anilines is 1. The number of hydrogen-bond donors (Lipinski definition) is 1. The molecule has 4 heteroatoms. The van der Waals surface area contributed by atoms with Crippen molar-refractivity contribution < 1.29 is 0 Å². The molecule has 3 rings (SSSR count). The lowest BCUT2D eigenvalue weighted by Crippen LogP contribution is -2.32. The second-order valence-corrected chi connectivity index (χ2v) is 5.61. The Hall–Kier alpha value is -1.81. The fraction of sp³-hybridized carbons (Fsp3) is 0.438. The second-order valence-electron chi connectivity index (χ2n) is 5.61. The molecule has 1 atom stereocenters. The van der Waals surface area contributed by atoms with Crippen LogP contribution in [0.4, 0.5) is 5.69 Å². The highest BCUT2D eigenvalue weighted by atomic mass is 15.2. The smallest absolute Gasteiger partial charge is 0.0951 e. The molecule has 0 spiro atoms. The maximum absolute atomic E-state index is 6.06. The van der Waals surface area contributed by atoms with E-state index in [4.69, 9.17) is 5.73 Å². The molecule has 1 heterocycles. The third-order valence-corrected chi connectivity index (χ3v) is 4.16. The minimum Gasteiger partial charge on any atom is -0.364 e. The van der Waals surface area contributed by atoms with E-state index >= 15 is 0 Å². The van der Waals surface area contributed by atoms with Gasteiger partial charge in [0.05, 0.1) is 24.3 Å². The molecule has 1 aromatic heterocycles. The van der Waals surface area contributed by atoms with Gasteiger partial charge in [-0.3, -0.25) is 0 Å². The van der Waals surface area contributed by atoms with E-state index in [1.165, 1.54) is 29.8 Å². The van der Waals surface area contributed by atoms with Crippen molar-refractivity contribution in [3.05, 3.63) is 48.0 Å². The number of hydrogen-bond acceptors (Lipinski definition) is 3. The topological polar surface area (TPSA) is 47.1 Å². The summed E-state index contributed by atoms with van der Waals surface area (Å²) >= 11 is 0. The molecule has 1 aliphatic carbocycles. The third kappa shape index (κ3) is 2.31. The zero-order chi connectivity index (χ0) is 14.1. The van der Waals surface area contributed by atoms with Crippen LogP contribution >= 0.6 is 0 Å². The molecular formula is C16H22N4. The Morgan fingerprint density at radius 3 is 2.80 bits per heavy atom. The van der Waals surface area contributed by atoms with Gasteiger partial charge < -0.3 is 15.2 Å². The number of nitrogens with two attached hydrogens (primary N) is 1. The molecule has 0 amide bonds. The highest BCUT2D eigenvalue weighted by molar-refractivity contribution is 5.53. The van der Waals surface area contributed by atoms with Crippen molar-refractivity contribution in [3.8, 4) is 0 Å². The summed E-state index contributed by atoms with van der Waals surface area (Å²) in [4.78, 5) is 6.60. The molecule has 1 aliphatic rings. The van der Waals surface area contributed by atoms with Gasteiger partial charge in [0.25, 0.3) is 0 Å². The fourth-order valence-corrected chi connectivity index (χ4v) is 2.84. The summed E-state index contributed by atoms with van der Waals surface area (Å²) in [6, 6.07) is 9.22. The van der Waals surface area contributed by atoms with Gasteiger partial charge in [-0.15, -0.1) is 0 Å². The highest BCUT2D eigenvalue weighted by Crippen LogP contribution is 2.38. The Bertz CT molecular complexity index is 586. The average Bonchev–Trinajstić information content (AvgIpc) is 3.19. The molecule has 2 aromatic rings. The summed E-state index contributed by atoms with van der Waals surface area (Å²) in [5, 5.41) is 0. The van der Waals surface area contributed by atoms with Crippen LogP contribution in [0.2, 0.25) is 0 Å². The first-order chi connectivity index (χ1) is 9.72. The average molecular weight is 270 g/mol. The zero-order valence-corrected chi connectivity index (χ0v) is 12.2. The van der Waals surface area contributed by atoms with Crippen LogP contribution in [0.1, 0.15) is 36.2 Å². The van der Waals surface area contributed by atoms with E-state index in [9.17, 15) is 0 Å². The minimum atomic E-state index is 0.166. The van der Waals surface area contributed by atoms with Crippen LogP contribution in [0, 0.1) is 6.92 Å². The summed E-state index contributed by atoms with van der Waals surface area (Å²) in [6.07, 6.45) is 6.43. The van der Waals surface area contributed by atoms with Crippen molar-refractivity contribution >= 4 is 5.69 Å². The van der Waals surface area contributed by atoms with Crippen LogP contribution < -0.4 is 10.6 Å². The van der Waals surface area contributed by atoms with Gasteiger partial charge in [0.2, 0.25) is 0 Å². The second kappa shape index (κ2) is 5.29. The summed E-state index contributed by atoms with van der Waals surface area (Å²) < 4.78 is 2.30. The molecule has 106 valence electrons. The maximum atomic E-state index is 6.06. The third-order valence-electron chi connectivity index (χ3n) is 4.16. The van der Waals surface area contributed by atoms with E-state index in [1.54, 1.807) is 0 Å². The van der Waals surface area contributed by atoms with E-state index < -0.39 is 0 Å². The van der Waals surface area contributed by atoms with Gasteiger partial charge in [0.1, 0.15) is 0 Å². The summed E-state index contributed by atoms with van der Waals surface area (Å²) in [7, 11) is 2.12. The Kier molecular flexibility index (Phi) is 3.49. The Morgan fingerprint density at radius 2 is 2.15 bits per heavy atom. The van der Waals surface area contributed by atoms with Crippen molar-refractivity contribution in [1.82, 2.24) is 9.55 Å². The lowest BCUT2D eigenvalue weighted by molar-refractivity contribution is 0.594. The number of likely N-dealkylation sites (N-methyl/N-ethyl adjacent to an activating group) is 1. The van der Waals surface area contributed by atoms with Crippen molar-refractivity contribution in [1.29, 1.82) is 0 Å². The molecule has 1 unspecified atom stereocenters. The van der Waals surface area contributed by atoms with Gasteiger partial charge in [-0.25, -0.2) is 4.98 Å². The summed E-state index contributed by atoms with van der Waals surface area (Å²) in [5.74, 6) is 0. The molecule has 0 saturated heterocycles.